The minimum absolute atomic E-state index is 0. The van der Waals surface area contributed by atoms with Crippen LogP contribution in [0.4, 0.5) is 5.69 Å². The first-order valence-corrected chi connectivity index (χ1v) is 8.76. The Morgan fingerprint density at radius 2 is 1.68 bits per heavy atom. The largest absolute Gasteiger partial charge is 0.999 e. The molecule has 0 fully saturated rings. The van der Waals surface area contributed by atoms with Gasteiger partial charge in [0, 0.05) is 35.4 Å². The van der Waals surface area contributed by atoms with Crippen LogP contribution in [-0.2, 0) is 37.5 Å². The van der Waals surface area contributed by atoms with Crippen molar-refractivity contribution in [3.05, 3.63) is 84.4 Å². The summed E-state index contributed by atoms with van der Waals surface area (Å²) in [5, 5.41) is 2.60. The van der Waals surface area contributed by atoms with Crippen molar-refractivity contribution in [3.63, 3.8) is 0 Å². The molecule has 0 radical (unpaired) electrons. The Labute approximate surface area is 159 Å². The zero-order valence-corrected chi connectivity index (χ0v) is 15.3. The molecule has 0 aromatic heterocycles. The van der Waals surface area contributed by atoms with E-state index in [0.717, 1.165) is 5.56 Å². The van der Waals surface area contributed by atoms with Crippen molar-refractivity contribution >= 4 is 21.4 Å². The van der Waals surface area contributed by atoms with Crippen LogP contribution in [0.15, 0.2) is 59.5 Å². The van der Waals surface area contributed by atoms with E-state index in [-0.39, 0.29) is 33.6 Å². The molecule has 0 aliphatic rings. The topological polar surface area (TPSA) is 63.2 Å². The van der Waals surface area contributed by atoms with E-state index < -0.39 is 9.84 Å². The fourth-order valence-electron chi connectivity index (χ4n) is 1.94. The second-order valence-corrected chi connectivity index (χ2v) is 6.93. The summed E-state index contributed by atoms with van der Waals surface area (Å²) in [5.41, 5.74) is 1.35. The summed E-state index contributed by atoms with van der Waals surface area (Å²) in [6, 6.07) is 25.4. The van der Waals surface area contributed by atoms with Crippen LogP contribution in [0, 0.1) is 24.3 Å². The third kappa shape index (κ3) is 7.09. The molecule has 0 aliphatic heterocycles. The number of carbonyl (C=O) groups excluding carboxylic acids is 1. The maximum Gasteiger partial charge on any atom is 0.221 e. The first-order chi connectivity index (χ1) is 11.5. The molecule has 0 atom stereocenters. The Bertz CT molecular complexity index is 820. The van der Waals surface area contributed by atoms with Gasteiger partial charge >= 0.3 is 0 Å². The van der Waals surface area contributed by atoms with Gasteiger partial charge in [-0.15, -0.1) is 5.56 Å². The van der Waals surface area contributed by atoms with Crippen molar-refractivity contribution in [2.45, 2.75) is 17.6 Å². The molecule has 134 valence electrons. The number of amides is 1. The molecular weight excluding hydrogens is 378 g/mol. The minimum Gasteiger partial charge on any atom is -0.999 e. The molecular formula is C19H15FeNO3S-6. The molecule has 1 N–H and O–H groups in total. The van der Waals surface area contributed by atoms with E-state index in [2.05, 4.69) is 29.6 Å². The van der Waals surface area contributed by atoms with Crippen molar-refractivity contribution in [2.75, 3.05) is 5.32 Å². The van der Waals surface area contributed by atoms with E-state index >= 15 is 0 Å². The number of hydrogen-bond donors (Lipinski definition) is 1. The number of benzene rings is 1. The quantitative estimate of drug-likeness (QED) is 0.548. The van der Waals surface area contributed by atoms with Gasteiger partial charge in [0.25, 0.3) is 0 Å². The van der Waals surface area contributed by atoms with E-state index in [1.165, 1.54) is 19.1 Å². The maximum atomic E-state index is 12.1. The van der Waals surface area contributed by atoms with E-state index in [1.54, 1.807) is 30.3 Å². The molecule has 3 aromatic carbocycles. The van der Waals surface area contributed by atoms with Gasteiger partial charge in [0.15, 0.2) is 9.84 Å². The third-order valence-electron chi connectivity index (χ3n) is 2.97. The second-order valence-electron chi connectivity index (χ2n) is 4.94. The molecule has 4 nitrogen and oxygen atoms in total. The molecule has 0 heterocycles. The molecule has 0 unspecified atom stereocenters. The summed E-state index contributed by atoms with van der Waals surface area (Å²) in [6.07, 6.45) is 0. The Balaban J connectivity index is 0.000000448. The Hall–Kier alpha value is -2.14. The number of carbonyl (C=O) groups is 1. The molecule has 3 rings (SSSR count). The Morgan fingerprint density at radius 3 is 2.12 bits per heavy atom. The van der Waals surface area contributed by atoms with Crippen molar-refractivity contribution in [2.24, 2.45) is 0 Å². The van der Waals surface area contributed by atoms with E-state index in [4.69, 9.17) is 0 Å². The van der Waals surface area contributed by atoms with Gasteiger partial charge in [-0.25, -0.2) is 20.6 Å². The van der Waals surface area contributed by atoms with Crippen LogP contribution in [0.1, 0.15) is 12.5 Å². The predicted octanol–water partition coefficient (Wildman–Crippen LogP) is 2.94. The molecule has 25 heavy (non-hydrogen) atoms. The smallest absolute Gasteiger partial charge is 0.221 e. The number of sulfone groups is 1. The van der Waals surface area contributed by atoms with E-state index in [0.29, 0.717) is 5.69 Å². The zero-order valence-electron chi connectivity index (χ0n) is 13.4. The maximum absolute atomic E-state index is 12.1. The van der Waals surface area contributed by atoms with Gasteiger partial charge in [0.05, 0.1) is 4.90 Å². The van der Waals surface area contributed by atoms with Gasteiger partial charge in [-0.2, -0.15) is 12.1 Å². The molecule has 3 aromatic rings. The van der Waals surface area contributed by atoms with Crippen molar-refractivity contribution in [3.8, 4) is 0 Å². The molecule has 6 heteroatoms. The van der Waals surface area contributed by atoms with Gasteiger partial charge in [0.2, 0.25) is 5.91 Å². The van der Waals surface area contributed by atoms with Gasteiger partial charge in [-0.3, -0.25) is 4.79 Å². The van der Waals surface area contributed by atoms with Crippen LogP contribution in [0.5, 0.6) is 0 Å². The van der Waals surface area contributed by atoms with Gasteiger partial charge < -0.3 is 35.6 Å². The summed E-state index contributed by atoms with van der Waals surface area (Å²) in [7, 11) is -3.34. The average Bonchev–Trinajstić information content (AvgIpc) is 3.22. The SMILES string of the molecule is CC(=O)Nc1ccc(S(=O)(=O)C[c-]2cccc2)cc1.[Fe].[c-]1[c-][c-][cH-][c-]1. The average molecular weight is 393 g/mol. The number of nitrogens with one attached hydrogen (secondary N) is 1. The Kier molecular flexibility index (Phi) is 8.35. The number of anilines is 1. The summed E-state index contributed by atoms with van der Waals surface area (Å²) in [4.78, 5) is 11.1. The van der Waals surface area contributed by atoms with Crippen LogP contribution in [0.25, 0.3) is 0 Å². The summed E-state index contributed by atoms with van der Waals surface area (Å²) < 4.78 is 24.3. The van der Waals surface area contributed by atoms with Crippen LogP contribution in [0.2, 0.25) is 0 Å². The molecule has 0 spiro atoms. The van der Waals surface area contributed by atoms with Crippen LogP contribution in [0.3, 0.4) is 0 Å². The van der Waals surface area contributed by atoms with Crippen molar-refractivity contribution in [1.82, 2.24) is 0 Å². The molecule has 1 amide bonds. The second kappa shape index (κ2) is 9.99. The summed E-state index contributed by atoms with van der Waals surface area (Å²) >= 11 is 0. The standard InChI is InChI=1S/C14H14NO3S.C5H.Fe/c1-11(16)15-13-6-8-14(9-7-13)19(17,18)10-12-4-2-3-5-12;1-2-4-5-3-1;/h2-9H,10H2,1H3,(H,15,16);1H;/q-1;-5;. The van der Waals surface area contributed by atoms with Crippen molar-refractivity contribution < 1.29 is 30.3 Å². The van der Waals surface area contributed by atoms with Crippen LogP contribution < -0.4 is 5.32 Å². The molecule has 0 bridgehead atoms. The van der Waals surface area contributed by atoms with Crippen LogP contribution in [-0.4, -0.2) is 14.3 Å². The fourth-order valence-corrected chi connectivity index (χ4v) is 3.29. The van der Waals surface area contributed by atoms with Gasteiger partial charge in [0.1, 0.15) is 0 Å². The first kappa shape index (κ1) is 20.9. The predicted molar refractivity (Wildman–Crippen MR) is 91.0 cm³/mol. The summed E-state index contributed by atoms with van der Waals surface area (Å²) in [6.45, 7) is 1.40. The fraction of sp³-hybridized carbons (Fsp3) is 0.105. The van der Waals surface area contributed by atoms with Crippen LogP contribution >= 0.6 is 0 Å². The van der Waals surface area contributed by atoms with E-state index in [9.17, 15) is 13.2 Å². The number of hydrogen-bond acceptors (Lipinski definition) is 3. The van der Waals surface area contributed by atoms with E-state index in [1.807, 2.05) is 12.1 Å². The monoisotopic (exact) mass is 393 g/mol. The van der Waals surface area contributed by atoms with Gasteiger partial charge in [-0.05, 0) is 24.3 Å². The first-order valence-electron chi connectivity index (χ1n) is 7.11. The third-order valence-corrected chi connectivity index (χ3v) is 4.68. The summed E-state index contributed by atoms with van der Waals surface area (Å²) in [5.74, 6) is -0.202. The molecule has 0 saturated carbocycles. The Morgan fingerprint density at radius 1 is 1.12 bits per heavy atom. The molecule has 0 saturated heterocycles. The number of rotatable bonds is 4. The van der Waals surface area contributed by atoms with Crippen molar-refractivity contribution in [1.29, 1.82) is 0 Å². The zero-order chi connectivity index (χ0) is 17.4. The molecule has 0 aliphatic carbocycles. The minimum atomic E-state index is -3.34. The van der Waals surface area contributed by atoms with Gasteiger partial charge in [-0.1, -0.05) is 0 Å². The normalized spacial score (nSPS) is 10.1.